The van der Waals surface area contributed by atoms with Crippen LogP contribution in [0.25, 0.3) is 0 Å². The van der Waals surface area contributed by atoms with Crippen LogP contribution in [-0.4, -0.2) is 0 Å². The Morgan fingerprint density at radius 3 is 2.02 bits per heavy atom. The lowest BCUT2D eigenvalue weighted by Crippen LogP contribution is -2.26. The molecule has 0 spiro atoms. The Morgan fingerprint density at radius 1 is 0.586 bits per heavy atom. The molecule has 0 N–H and O–H groups in total. The second-order valence-corrected chi connectivity index (χ2v) is 16.7. The number of benzene rings is 2. The number of allylic oxidation sites excluding steroid dienone is 25. The highest BCUT2D eigenvalue weighted by molar-refractivity contribution is 5.65. The monoisotopic (exact) mass is 756 g/mol. The normalized spacial score (nSPS) is 28.8. The molecule has 8 unspecified atom stereocenters. The maximum atomic E-state index is 4.16. The van der Waals surface area contributed by atoms with Crippen LogP contribution in [0.1, 0.15) is 61.5 Å². The second kappa shape index (κ2) is 16.9. The minimum atomic E-state index is 0.445. The van der Waals surface area contributed by atoms with E-state index in [2.05, 4.69) is 200 Å². The molecule has 0 radical (unpaired) electrons. The van der Waals surface area contributed by atoms with Gasteiger partial charge in [0.15, 0.2) is 0 Å². The Kier molecular flexibility index (Phi) is 11.0. The van der Waals surface area contributed by atoms with E-state index in [1.165, 1.54) is 50.7 Å². The molecule has 290 valence electrons. The summed E-state index contributed by atoms with van der Waals surface area (Å²) in [6.07, 6.45) is 56.1. The van der Waals surface area contributed by atoms with Gasteiger partial charge in [-0.25, -0.2) is 0 Å². The predicted molar refractivity (Wildman–Crippen MR) is 247 cm³/mol. The molecule has 0 aliphatic heterocycles. The summed E-state index contributed by atoms with van der Waals surface area (Å²) in [4.78, 5) is 4.92. The van der Waals surface area contributed by atoms with Crippen LogP contribution in [0.2, 0.25) is 0 Å². The van der Waals surface area contributed by atoms with Gasteiger partial charge in [0.25, 0.3) is 0 Å². The van der Waals surface area contributed by atoms with Crippen LogP contribution in [0.15, 0.2) is 230 Å². The highest BCUT2D eigenvalue weighted by atomic mass is 15.2. The van der Waals surface area contributed by atoms with Crippen molar-refractivity contribution in [2.45, 2.75) is 50.4 Å². The fourth-order valence-electron chi connectivity index (χ4n) is 11.0. The maximum absolute atomic E-state index is 4.16. The van der Waals surface area contributed by atoms with Crippen molar-refractivity contribution in [1.29, 1.82) is 0 Å². The number of anilines is 2. The molecule has 0 heterocycles. The zero-order valence-corrected chi connectivity index (χ0v) is 33.7. The molecule has 2 nitrogen and oxygen atoms in total. The smallest absolute Gasteiger partial charge is 0.0458 e. The van der Waals surface area contributed by atoms with Crippen LogP contribution in [0.4, 0.5) is 11.4 Å². The minimum Gasteiger partial charge on any atom is -0.321 e. The molecule has 2 aromatic carbocycles. The van der Waals surface area contributed by atoms with Crippen molar-refractivity contribution >= 4 is 11.4 Å². The Hall–Kier alpha value is -5.86. The van der Waals surface area contributed by atoms with Crippen molar-refractivity contribution in [3.63, 3.8) is 0 Å². The van der Waals surface area contributed by atoms with E-state index in [1.54, 1.807) is 0 Å². The van der Waals surface area contributed by atoms with Crippen LogP contribution in [0.5, 0.6) is 0 Å². The third-order valence-corrected chi connectivity index (χ3v) is 13.7. The first kappa shape index (κ1) is 37.7. The molecule has 0 aromatic heterocycles. The summed E-state index contributed by atoms with van der Waals surface area (Å²) in [6.45, 7) is 12.2. The van der Waals surface area contributed by atoms with Crippen molar-refractivity contribution in [3.8, 4) is 0 Å². The first-order chi connectivity index (χ1) is 28.7. The van der Waals surface area contributed by atoms with Crippen molar-refractivity contribution in [2.75, 3.05) is 9.80 Å². The van der Waals surface area contributed by atoms with Crippen molar-refractivity contribution in [3.05, 3.63) is 241 Å². The van der Waals surface area contributed by atoms with Gasteiger partial charge in [0.05, 0.1) is 0 Å². The molecule has 7 aliphatic carbocycles. The lowest BCUT2D eigenvalue weighted by atomic mass is 9.81. The van der Waals surface area contributed by atoms with Gasteiger partial charge in [0, 0.05) is 40.6 Å². The summed E-state index contributed by atoms with van der Waals surface area (Å²) in [6, 6.07) is 18.1. The molecule has 58 heavy (non-hydrogen) atoms. The summed E-state index contributed by atoms with van der Waals surface area (Å²) in [5, 5.41) is 0. The van der Waals surface area contributed by atoms with Crippen LogP contribution in [0.3, 0.4) is 0 Å². The minimum absolute atomic E-state index is 0.445. The van der Waals surface area contributed by atoms with E-state index in [1.807, 2.05) is 12.2 Å². The number of rotatable bonds is 13. The lowest BCUT2D eigenvalue weighted by Gasteiger charge is -2.35. The number of hydrogen-bond donors (Lipinski definition) is 0. The fraction of sp³-hybridized carbons (Fsp3) is 0.250. The van der Waals surface area contributed by atoms with Gasteiger partial charge < -0.3 is 9.80 Å². The van der Waals surface area contributed by atoms with E-state index < -0.39 is 0 Å². The van der Waals surface area contributed by atoms with Crippen LogP contribution >= 0.6 is 0 Å². The maximum Gasteiger partial charge on any atom is 0.0458 e. The molecule has 1 saturated carbocycles. The van der Waals surface area contributed by atoms with Crippen LogP contribution in [0, 0.1) is 35.5 Å². The Balaban J connectivity index is 0.995. The van der Waals surface area contributed by atoms with Crippen LogP contribution in [-0.2, 0) is 0 Å². The van der Waals surface area contributed by atoms with Crippen molar-refractivity contribution in [2.24, 2.45) is 35.5 Å². The third kappa shape index (κ3) is 7.15. The summed E-state index contributed by atoms with van der Waals surface area (Å²) < 4.78 is 0. The van der Waals surface area contributed by atoms with Gasteiger partial charge in [-0.3, -0.25) is 0 Å². The first-order valence-electron chi connectivity index (χ1n) is 21.5. The van der Waals surface area contributed by atoms with Crippen molar-refractivity contribution in [1.82, 2.24) is 0 Å². The van der Waals surface area contributed by atoms with Gasteiger partial charge in [-0.15, -0.1) is 13.2 Å². The summed E-state index contributed by atoms with van der Waals surface area (Å²) in [7, 11) is 0. The SMILES string of the molecule is C=C/C=C\C=C\N(C1=CC=C(C2=CC=C(N(C3=CC4C(C=C3)C3C=CC=CC3C4CC=C)c3ccccc3)CC2)CC1)c1ccc2c(c1)C(CC=C)C1C=CC=CC21. The number of nitrogens with zero attached hydrogens (tertiary/aromatic N) is 2. The summed E-state index contributed by atoms with van der Waals surface area (Å²) in [5.74, 6) is 4.12. The summed E-state index contributed by atoms with van der Waals surface area (Å²) in [5.41, 5.74) is 12.2. The molecule has 0 bridgehead atoms. The van der Waals surface area contributed by atoms with Crippen molar-refractivity contribution < 1.29 is 0 Å². The van der Waals surface area contributed by atoms with E-state index in [0.29, 0.717) is 47.3 Å². The average Bonchev–Trinajstić information content (AvgIpc) is 3.76. The molecule has 1 fully saturated rings. The van der Waals surface area contributed by atoms with E-state index in [-0.39, 0.29) is 0 Å². The van der Waals surface area contributed by atoms with E-state index >= 15 is 0 Å². The number of para-hydroxylation sites is 1. The van der Waals surface area contributed by atoms with Gasteiger partial charge >= 0.3 is 0 Å². The standard InChI is InChI=1S/C56H56N2/c1-4-7-8-16-37-57(45-33-35-53-51-23-14-12-21-49(51)47(17-5-2)55(53)38-45)42-29-25-40(26-30-42)41-27-31-44(32-28-41)58(43-19-10-9-11-20-43)46-34-36-54-52-24-15-13-22-50(52)48(18-6-3)56(54)39-46/h4-16,19-25,27,29,31,33-39,47-52,54,56H,1-3,17-18,26,28,30,32H2/b8-7-,37-16+. The molecule has 2 aromatic rings. The molecular weight excluding hydrogens is 701 g/mol. The van der Waals surface area contributed by atoms with Gasteiger partial charge in [-0.05, 0) is 151 Å². The van der Waals surface area contributed by atoms with E-state index in [4.69, 9.17) is 0 Å². The fourth-order valence-corrected chi connectivity index (χ4v) is 11.0. The molecule has 9 rings (SSSR count). The predicted octanol–water partition coefficient (Wildman–Crippen LogP) is 14.2. The molecule has 2 heteroatoms. The molecule has 0 saturated heterocycles. The van der Waals surface area contributed by atoms with E-state index in [9.17, 15) is 0 Å². The average molecular weight is 757 g/mol. The molecule has 8 atom stereocenters. The lowest BCUT2D eigenvalue weighted by molar-refractivity contribution is 0.381. The van der Waals surface area contributed by atoms with Gasteiger partial charge in [0.1, 0.15) is 0 Å². The zero-order valence-electron chi connectivity index (χ0n) is 33.7. The quantitative estimate of drug-likeness (QED) is 0.148. The molecule has 7 aliphatic rings. The topological polar surface area (TPSA) is 6.48 Å². The third-order valence-electron chi connectivity index (χ3n) is 13.7. The Morgan fingerprint density at radius 2 is 1.29 bits per heavy atom. The molecule has 0 amide bonds. The van der Waals surface area contributed by atoms with Gasteiger partial charge in [-0.1, -0.05) is 134 Å². The van der Waals surface area contributed by atoms with E-state index in [0.717, 1.165) is 38.5 Å². The summed E-state index contributed by atoms with van der Waals surface area (Å²) >= 11 is 0. The Bertz CT molecular complexity index is 2310. The van der Waals surface area contributed by atoms with Gasteiger partial charge in [-0.2, -0.15) is 0 Å². The zero-order chi connectivity index (χ0) is 39.4. The second-order valence-electron chi connectivity index (χ2n) is 16.7. The molecular formula is C56H56N2. The largest absolute Gasteiger partial charge is 0.321 e. The number of hydrogen-bond acceptors (Lipinski definition) is 2. The number of fused-ring (bicyclic) bond motifs is 6. The Labute approximate surface area is 347 Å². The van der Waals surface area contributed by atoms with Crippen LogP contribution < -0.4 is 9.80 Å². The first-order valence-corrected chi connectivity index (χ1v) is 21.5. The van der Waals surface area contributed by atoms with Gasteiger partial charge in [0.2, 0.25) is 0 Å². The highest BCUT2D eigenvalue weighted by Gasteiger charge is 2.47. The highest BCUT2D eigenvalue weighted by Crippen LogP contribution is 2.54.